The second-order valence-electron chi connectivity index (χ2n) is 9.38. The molecular weight excluding hydrogens is 490 g/mol. The lowest BCUT2D eigenvalue weighted by Gasteiger charge is -2.22. The Morgan fingerprint density at radius 1 is 0.838 bits per heavy atom. The molecule has 4 N–H and O–H groups in total. The van der Waals surface area contributed by atoms with E-state index in [2.05, 4.69) is 10.6 Å². The van der Waals surface area contributed by atoms with Crippen LogP contribution in [-0.4, -0.2) is 59.6 Å². The number of rotatable bonds is 20. The van der Waals surface area contributed by atoms with E-state index in [1.807, 2.05) is 13.8 Å². The molecule has 0 fully saturated rings. The number of hydrogen-bond acceptors (Lipinski definition) is 10. The highest BCUT2D eigenvalue weighted by Gasteiger charge is 2.29. The average Bonchev–Trinajstić information content (AvgIpc) is 2.76. The summed E-state index contributed by atoms with van der Waals surface area (Å²) in [5.41, 5.74) is 5.20. The molecule has 0 heterocycles. The maximum absolute atomic E-state index is 12.9. The number of carboxylic acid groups (broad SMARTS) is 2. The number of amides is 3. The summed E-state index contributed by atoms with van der Waals surface area (Å²) in [4.78, 5) is 94.1. The summed E-state index contributed by atoms with van der Waals surface area (Å²) >= 11 is 0. The third kappa shape index (κ3) is 15.9. The number of nitrogens with two attached hydrogens (primary N) is 1. The second-order valence-corrected chi connectivity index (χ2v) is 9.38. The van der Waals surface area contributed by atoms with Gasteiger partial charge in [0.15, 0.2) is 11.6 Å². The van der Waals surface area contributed by atoms with Crippen molar-refractivity contribution in [3.63, 3.8) is 0 Å². The van der Waals surface area contributed by atoms with E-state index in [1.165, 1.54) is 6.92 Å². The van der Waals surface area contributed by atoms with Crippen LogP contribution in [0.3, 0.4) is 0 Å². The maximum atomic E-state index is 12.9. The molecule has 37 heavy (non-hydrogen) atoms. The molecule has 0 aromatic rings. The van der Waals surface area contributed by atoms with Crippen molar-refractivity contribution in [3.8, 4) is 0 Å². The Kier molecular flexibility index (Phi) is 15.3. The summed E-state index contributed by atoms with van der Waals surface area (Å²) in [5.74, 6) is -9.51. The van der Waals surface area contributed by atoms with E-state index < -0.39 is 97.8 Å². The van der Waals surface area contributed by atoms with Crippen LogP contribution in [-0.2, 0) is 38.4 Å². The Morgan fingerprint density at radius 3 is 1.95 bits per heavy atom. The van der Waals surface area contributed by atoms with Crippen LogP contribution < -0.4 is 26.6 Å². The van der Waals surface area contributed by atoms with Gasteiger partial charge in [0.1, 0.15) is 5.78 Å². The van der Waals surface area contributed by atoms with Crippen molar-refractivity contribution >= 4 is 47.0 Å². The van der Waals surface area contributed by atoms with Crippen molar-refractivity contribution < 1.29 is 48.6 Å². The maximum Gasteiger partial charge on any atom is 0.224 e. The van der Waals surface area contributed by atoms with E-state index in [0.29, 0.717) is 0 Å². The third-order valence-electron chi connectivity index (χ3n) is 5.37. The summed E-state index contributed by atoms with van der Waals surface area (Å²) in [6, 6.07) is -0.975. The van der Waals surface area contributed by atoms with E-state index in [4.69, 9.17) is 5.73 Å². The molecule has 0 saturated heterocycles. The van der Waals surface area contributed by atoms with Gasteiger partial charge in [0.2, 0.25) is 17.7 Å². The molecule has 3 atom stereocenters. The SMILES string of the molecule is CC(=O)CCC(=O)N[C@@H](CC(C)C)C(=O)C[C@@H](CC(N)=O)C(=O)NCC(=O)C[C@@H](CCC(=O)[O-])C(=O)[O-]. The van der Waals surface area contributed by atoms with E-state index in [0.717, 1.165) is 0 Å². The Labute approximate surface area is 214 Å². The quantitative estimate of drug-likeness (QED) is 0.149. The first-order valence-corrected chi connectivity index (χ1v) is 11.9. The van der Waals surface area contributed by atoms with Crippen molar-refractivity contribution in [2.75, 3.05) is 6.54 Å². The first-order chi connectivity index (χ1) is 17.1. The monoisotopic (exact) mass is 525 g/mol. The van der Waals surface area contributed by atoms with E-state index in [1.54, 1.807) is 0 Å². The fraction of sp³-hybridized carbons (Fsp3) is 0.667. The average molecular weight is 526 g/mol. The van der Waals surface area contributed by atoms with Crippen LogP contribution in [0, 0.1) is 17.8 Å². The van der Waals surface area contributed by atoms with Gasteiger partial charge in [0.25, 0.3) is 0 Å². The van der Waals surface area contributed by atoms with Gasteiger partial charge < -0.3 is 41.0 Å². The van der Waals surface area contributed by atoms with E-state index in [9.17, 15) is 48.6 Å². The van der Waals surface area contributed by atoms with Gasteiger partial charge in [-0.15, -0.1) is 0 Å². The van der Waals surface area contributed by atoms with Crippen molar-refractivity contribution in [1.29, 1.82) is 0 Å². The second kappa shape index (κ2) is 16.9. The van der Waals surface area contributed by atoms with Crippen LogP contribution in [0.4, 0.5) is 0 Å². The highest BCUT2D eigenvalue weighted by molar-refractivity contribution is 5.96. The number of Topliss-reactive ketones (excluding diaryl/α,β-unsaturated/α-hetero) is 3. The molecule has 208 valence electrons. The number of nitrogens with one attached hydrogen (secondary N) is 2. The molecule has 13 heteroatoms. The molecule has 0 rings (SSSR count). The highest BCUT2D eigenvalue weighted by atomic mass is 16.4. The summed E-state index contributed by atoms with van der Waals surface area (Å²) in [6.07, 6.45) is -2.45. The fourth-order valence-electron chi connectivity index (χ4n) is 3.46. The molecule has 0 saturated carbocycles. The van der Waals surface area contributed by atoms with Crippen LogP contribution in [0.1, 0.15) is 72.1 Å². The first kappa shape index (κ1) is 33.4. The summed E-state index contributed by atoms with van der Waals surface area (Å²) in [7, 11) is 0. The lowest BCUT2D eigenvalue weighted by molar-refractivity contribution is -0.313. The minimum Gasteiger partial charge on any atom is -0.550 e. The van der Waals surface area contributed by atoms with Gasteiger partial charge >= 0.3 is 0 Å². The normalized spacial score (nSPS) is 13.2. The summed E-state index contributed by atoms with van der Waals surface area (Å²) in [6.45, 7) is 4.32. The molecule has 0 radical (unpaired) electrons. The van der Waals surface area contributed by atoms with Gasteiger partial charge in [-0.05, 0) is 32.1 Å². The summed E-state index contributed by atoms with van der Waals surface area (Å²) in [5, 5.41) is 26.5. The highest BCUT2D eigenvalue weighted by Crippen LogP contribution is 2.16. The smallest absolute Gasteiger partial charge is 0.224 e. The molecule has 0 aromatic heterocycles. The Bertz CT molecular complexity index is 884. The van der Waals surface area contributed by atoms with Crippen molar-refractivity contribution in [2.24, 2.45) is 23.5 Å². The lowest BCUT2D eigenvalue weighted by Crippen LogP contribution is -2.44. The minimum absolute atomic E-state index is 0.00114. The van der Waals surface area contributed by atoms with Crippen molar-refractivity contribution in [2.45, 2.75) is 78.2 Å². The fourth-order valence-corrected chi connectivity index (χ4v) is 3.46. The van der Waals surface area contributed by atoms with Gasteiger partial charge in [-0.25, -0.2) is 0 Å². The number of ketones is 3. The third-order valence-corrected chi connectivity index (χ3v) is 5.37. The Balaban J connectivity index is 5.24. The topological polar surface area (TPSA) is 233 Å². The molecule has 0 bridgehead atoms. The standard InChI is InChI=1S/C24H37N3O10/c1-13(2)8-18(27-21(32)6-4-14(3)28)19(30)10-16(11-20(25)31)23(35)26-12-17(29)9-15(24(36)37)5-7-22(33)34/h13,15-16,18H,4-12H2,1-3H3,(H2,25,31)(H,26,35)(H,27,32)(H,33,34)(H,36,37)/p-2/t15-,16+,18+/m1/s1. The number of aliphatic carboxylic acids is 2. The van der Waals surface area contributed by atoms with Gasteiger partial charge in [0.05, 0.1) is 18.5 Å². The van der Waals surface area contributed by atoms with Crippen LogP contribution in [0.2, 0.25) is 0 Å². The van der Waals surface area contributed by atoms with E-state index >= 15 is 0 Å². The van der Waals surface area contributed by atoms with Crippen LogP contribution in [0.25, 0.3) is 0 Å². The van der Waals surface area contributed by atoms with Crippen molar-refractivity contribution in [3.05, 3.63) is 0 Å². The molecule has 0 aromatic carbocycles. The first-order valence-electron chi connectivity index (χ1n) is 11.9. The molecule has 0 aliphatic carbocycles. The van der Waals surface area contributed by atoms with Gasteiger partial charge in [-0.1, -0.05) is 13.8 Å². The van der Waals surface area contributed by atoms with Gasteiger partial charge in [0, 0.05) is 50.0 Å². The van der Waals surface area contributed by atoms with Crippen LogP contribution >= 0.6 is 0 Å². The van der Waals surface area contributed by atoms with Crippen molar-refractivity contribution in [1.82, 2.24) is 10.6 Å². The molecule has 13 nitrogen and oxygen atoms in total. The zero-order chi connectivity index (χ0) is 28.7. The molecular formula is C24H35N3O10-2. The number of carbonyl (C=O) groups excluding carboxylic acids is 8. The molecule has 0 aliphatic rings. The number of carboxylic acids is 2. The van der Waals surface area contributed by atoms with Gasteiger partial charge in [-0.3, -0.25) is 24.0 Å². The Hall–Kier alpha value is -3.64. The Morgan fingerprint density at radius 2 is 1.46 bits per heavy atom. The number of primary amides is 1. The summed E-state index contributed by atoms with van der Waals surface area (Å²) < 4.78 is 0. The largest absolute Gasteiger partial charge is 0.550 e. The minimum atomic E-state index is -1.63. The number of carbonyl (C=O) groups is 8. The molecule has 0 spiro atoms. The van der Waals surface area contributed by atoms with Crippen LogP contribution in [0.15, 0.2) is 0 Å². The predicted molar refractivity (Wildman–Crippen MR) is 124 cm³/mol. The predicted octanol–water partition coefficient (Wildman–Crippen LogP) is -2.69. The zero-order valence-corrected chi connectivity index (χ0v) is 21.3. The van der Waals surface area contributed by atoms with Crippen LogP contribution in [0.5, 0.6) is 0 Å². The molecule has 0 aliphatic heterocycles. The lowest BCUT2D eigenvalue weighted by atomic mass is 9.90. The molecule has 3 amide bonds. The zero-order valence-electron chi connectivity index (χ0n) is 21.3. The number of hydrogen-bond donors (Lipinski definition) is 3. The van der Waals surface area contributed by atoms with Gasteiger partial charge in [-0.2, -0.15) is 0 Å². The molecule has 0 unspecified atom stereocenters. The van der Waals surface area contributed by atoms with E-state index in [-0.39, 0.29) is 31.0 Å².